The topological polar surface area (TPSA) is 107 Å². The molecular formula is C30H35F3N2O5S. The van der Waals surface area contributed by atoms with Gasteiger partial charge in [0, 0.05) is 32.1 Å². The van der Waals surface area contributed by atoms with Crippen LogP contribution in [0.5, 0.6) is 0 Å². The van der Waals surface area contributed by atoms with Gasteiger partial charge in [0.1, 0.15) is 0 Å². The maximum atomic E-state index is 13.3. The summed E-state index contributed by atoms with van der Waals surface area (Å²) < 4.78 is 66.0. The van der Waals surface area contributed by atoms with Gasteiger partial charge in [-0.25, -0.2) is 8.42 Å². The number of aliphatic hydroxyl groups excluding tert-OH is 1. The third-order valence-corrected chi connectivity index (χ3v) is 8.49. The lowest BCUT2D eigenvalue weighted by atomic mass is 9.94. The zero-order valence-electron chi connectivity index (χ0n) is 23.1. The van der Waals surface area contributed by atoms with Crippen molar-refractivity contribution in [3.8, 4) is 11.1 Å². The molecule has 11 heteroatoms. The van der Waals surface area contributed by atoms with E-state index in [1.807, 2.05) is 38.1 Å². The van der Waals surface area contributed by atoms with Crippen molar-refractivity contribution >= 4 is 16.0 Å². The van der Waals surface area contributed by atoms with E-state index in [9.17, 15) is 31.5 Å². The van der Waals surface area contributed by atoms with Crippen LogP contribution in [0.4, 0.5) is 13.2 Å². The summed E-state index contributed by atoms with van der Waals surface area (Å²) >= 11 is 0. The minimum atomic E-state index is -4.40. The van der Waals surface area contributed by atoms with Gasteiger partial charge in [-0.1, -0.05) is 48.5 Å². The number of alkyl halides is 3. The number of carboxylic acid groups (broad SMARTS) is 1. The maximum absolute atomic E-state index is 13.3. The van der Waals surface area contributed by atoms with Crippen LogP contribution in [0, 0.1) is 0 Å². The molecule has 0 saturated heterocycles. The molecule has 3 aromatic rings. The van der Waals surface area contributed by atoms with Gasteiger partial charge in [-0.3, -0.25) is 4.79 Å². The van der Waals surface area contributed by atoms with Crippen molar-refractivity contribution in [2.24, 2.45) is 0 Å². The number of likely N-dealkylation sites (N-methyl/N-ethyl adjacent to an activating group) is 1. The molecule has 0 bridgehead atoms. The second kappa shape index (κ2) is 13.2. The number of β-amino-alcohol motifs (C(OH)–C–C–N with tert-alkyl or cyclic N) is 1. The Hall–Kier alpha value is -3.25. The summed E-state index contributed by atoms with van der Waals surface area (Å²) in [7, 11) is -2.54. The highest BCUT2D eigenvalue weighted by Gasteiger charge is 2.30. The van der Waals surface area contributed by atoms with Gasteiger partial charge in [-0.05, 0) is 73.2 Å². The summed E-state index contributed by atoms with van der Waals surface area (Å²) in [4.78, 5) is 10.9. The lowest BCUT2D eigenvalue weighted by molar-refractivity contribution is -0.138. The number of hydrogen-bond donors (Lipinski definition) is 3. The molecule has 222 valence electrons. The van der Waals surface area contributed by atoms with Crippen molar-refractivity contribution in [3.63, 3.8) is 0 Å². The number of rotatable bonds is 13. The smallest absolute Gasteiger partial charge is 0.416 e. The monoisotopic (exact) mass is 592 g/mol. The van der Waals surface area contributed by atoms with E-state index in [-0.39, 0.29) is 24.4 Å². The molecule has 0 aliphatic carbocycles. The summed E-state index contributed by atoms with van der Waals surface area (Å²) in [6.45, 7) is 3.60. The number of aliphatic carboxylic acids is 1. The van der Waals surface area contributed by atoms with E-state index < -0.39 is 39.4 Å². The summed E-state index contributed by atoms with van der Waals surface area (Å²) in [6.07, 6.45) is -4.61. The van der Waals surface area contributed by atoms with E-state index in [0.717, 1.165) is 27.6 Å². The van der Waals surface area contributed by atoms with E-state index in [1.54, 1.807) is 18.2 Å². The van der Waals surface area contributed by atoms with E-state index >= 15 is 0 Å². The fourth-order valence-corrected chi connectivity index (χ4v) is 5.62. The molecular weight excluding hydrogens is 557 g/mol. The van der Waals surface area contributed by atoms with Crippen molar-refractivity contribution in [1.29, 1.82) is 0 Å². The molecule has 0 amide bonds. The number of carbonyl (C=O) groups is 1. The molecule has 3 rings (SSSR count). The molecule has 0 heterocycles. The average Bonchev–Trinajstić information content (AvgIpc) is 2.90. The van der Waals surface area contributed by atoms with Crippen LogP contribution in [0.1, 0.15) is 37.0 Å². The van der Waals surface area contributed by atoms with Gasteiger partial charge in [-0.15, -0.1) is 0 Å². The molecule has 0 radical (unpaired) electrons. The van der Waals surface area contributed by atoms with Crippen molar-refractivity contribution in [3.05, 3.63) is 89.5 Å². The zero-order chi connectivity index (χ0) is 30.4. The van der Waals surface area contributed by atoms with Gasteiger partial charge in [0.05, 0.1) is 16.6 Å². The molecule has 1 atom stereocenters. The lowest BCUT2D eigenvalue weighted by Crippen LogP contribution is -2.47. The third kappa shape index (κ3) is 9.39. The van der Waals surface area contributed by atoms with E-state index in [1.165, 1.54) is 25.2 Å². The van der Waals surface area contributed by atoms with Crippen molar-refractivity contribution in [2.75, 3.05) is 20.1 Å². The summed E-state index contributed by atoms with van der Waals surface area (Å²) in [5, 5.41) is 22.6. The predicted octanol–water partition coefficient (Wildman–Crippen LogP) is 4.98. The molecule has 1 unspecified atom stereocenters. The highest BCUT2D eigenvalue weighted by Crippen LogP contribution is 2.29. The number of halogens is 3. The highest BCUT2D eigenvalue weighted by atomic mass is 32.2. The second-order valence-electron chi connectivity index (χ2n) is 10.7. The summed E-state index contributed by atoms with van der Waals surface area (Å²) in [5.74, 6) is -0.876. The Bertz CT molecular complexity index is 1420. The first-order chi connectivity index (χ1) is 19.1. The fourth-order valence-electron chi connectivity index (χ4n) is 4.37. The molecule has 0 spiro atoms. The average molecular weight is 593 g/mol. The van der Waals surface area contributed by atoms with Gasteiger partial charge >= 0.3 is 12.1 Å². The minimum Gasteiger partial charge on any atom is -0.481 e. The largest absolute Gasteiger partial charge is 0.481 e. The first-order valence-corrected chi connectivity index (χ1v) is 14.5. The number of nitrogens with zero attached hydrogens (tertiary/aromatic N) is 1. The number of carboxylic acids is 1. The van der Waals surface area contributed by atoms with Crippen molar-refractivity contribution in [2.45, 2.75) is 55.8 Å². The standard InChI is InChI=1S/C30H35F3N2O5S/c1-29(2,18-22-9-14-25(15-10-22)30(31,32)33)34-19-26(36)20-35(3)41(39,40)27-6-4-5-24(17-27)23-12-7-21(8-13-23)11-16-28(37)38/h4-10,12-15,17,26,34,36H,11,16,18-20H2,1-3H3,(H,37,38). The van der Waals surface area contributed by atoms with Gasteiger partial charge in [-0.2, -0.15) is 17.5 Å². The fraction of sp³-hybridized carbons (Fsp3) is 0.367. The quantitative estimate of drug-likeness (QED) is 0.259. The molecule has 0 fully saturated rings. The molecule has 0 aliphatic rings. The number of sulfonamides is 1. The maximum Gasteiger partial charge on any atom is 0.416 e. The van der Waals surface area contributed by atoms with Gasteiger partial charge < -0.3 is 15.5 Å². The Morgan fingerprint density at radius 2 is 1.56 bits per heavy atom. The molecule has 3 aromatic carbocycles. The Balaban J connectivity index is 1.59. The number of aryl methyl sites for hydroxylation is 1. The van der Waals surface area contributed by atoms with E-state index in [2.05, 4.69) is 5.32 Å². The molecule has 0 aromatic heterocycles. The van der Waals surface area contributed by atoms with Crippen LogP contribution >= 0.6 is 0 Å². The van der Waals surface area contributed by atoms with E-state index in [0.29, 0.717) is 24.0 Å². The van der Waals surface area contributed by atoms with Crippen molar-refractivity contribution < 1.29 is 36.6 Å². The van der Waals surface area contributed by atoms with Crippen molar-refractivity contribution in [1.82, 2.24) is 9.62 Å². The number of aliphatic hydroxyl groups is 1. The number of hydrogen-bond acceptors (Lipinski definition) is 5. The number of nitrogens with one attached hydrogen (secondary N) is 1. The van der Waals surface area contributed by atoms with Crippen LogP contribution < -0.4 is 5.32 Å². The SMILES string of the molecule is CN(CC(O)CNC(C)(C)Cc1ccc(C(F)(F)F)cc1)S(=O)(=O)c1cccc(-c2ccc(CCC(=O)O)cc2)c1. The minimum absolute atomic E-state index is 0.0252. The number of benzene rings is 3. The van der Waals surface area contributed by atoms with Crippen LogP contribution in [0.25, 0.3) is 11.1 Å². The van der Waals surface area contributed by atoms with Gasteiger partial charge in [0.25, 0.3) is 0 Å². The molecule has 0 aliphatic heterocycles. The second-order valence-corrected chi connectivity index (χ2v) is 12.7. The highest BCUT2D eigenvalue weighted by molar-refractivity contribution is 7.89. The van der Waals surface area contributed by atoms with Crippen LogP contribution in [-0.4, -0.2) is 60.7 Å². The van der Waals surface area contributed by atoms with Gasteiger partial charge in [0.2, 0.25) is 10.0 Å². The molecule has 0 saturated carbocycles. The molecule has 3 N–H and O–H groups in total. The first kappa shape index (κ1) is 32.3. The third-order valence-electron chi connectivity index (χ3n) is 6.67. The van der Waals surface area contributed by atoms with Gasteiger partial charge in [0.15, 0.2) is 0 Å². The molecule has 41 heavy (non-hydrogen) atoms. The van der Waals surface area contributed by atoms with Crippen LogP contribution in [0.3, 0.4) is 0 Å². The lowest BCUT2D eigenvalue weighted by Gasteiger charge is -2.29. The van der Waals surface area contributed by atoms with E-state index in [4.69, 9.17) is 5.11 Å². The predicted molar refractivity (Wildman–Crippen MR) is 151 cm³/mol. The summed E-state index contributed by atoms with van der Waals surface area (Å²) in [6, 6.07) is 18.6. The Labute approximate surface area is 238 Å². The first-order valence-electron chi connectivity index (χ1n) is 13.0. The molecule has 7 nitrogen and oxygen atoms in total. The Morgan fingerprint density at radius 1 is 0.951 bits per heavy atom. The zero-order valence-corrected chi connectivity index (χ0v) is 24.0. The summed E-state index contributed by atoms with van der Waals surface area (Å²) in [5.41, 5.74) is 1.72. The van der Waals surface area contributed by atoms with Crippen LogP contribution in [0.2, 0.25) is 0 Å². The Kier molecular flexibility index (Phi) is 10.4. The Morgan fingerprint density at radius 3 is 2.15 bits per heavy atom. The van der Waals surface area contributed by atoms with Crippen LogP contribution in [0.15, 0.2) is 77.7 Å². The van der Waals surface area contributed by atoms with Crippen LogP contribution in [-0.2, 0) is 33.8 Å². The normalized spacial score (nSPS) is 13.4.